The van der Waals surface area contributed by atoms with Crippen LogP contribution in [0.5, 0.6) is 0 Å². The number of hydrazine groups is 1. The number of hydrogen-bond acceptors (Lipinski definition) is 4. The first-order valence-corrected chi connectivity index (χ1v) is 6.89. The molecule has 0 unspecified atom stereocenters. The molecule has 3 saturated carbocycles. The van der Waals surface area contributed by atoms with E-state index in [0.29, 0.717) is 25.9 Å². The summed E-state index contributed by atoms with van der Waals surface area (Å²) in [7, 11) is 0. The number of hydrogen-bond donors (Lipinski definition) is 1. The Morgan fingerprint density at radius 3 is 2.45 bits per heavy atom. The van der Waals surface area contributed by atoms with Crippen LogP contribution in [-0.4, -0.2) is 29.0 Å². The first-order chi connectivity index (χ1) is 9.17. The Kier molecular flexibility index (Phi) is 3.81. The molecule has 0 heterocycles. The maximum absolute atomic E-state index is 13.4. The second-order valence-electron chi connectivity index (χ2n) is 6.89. The lowest BCUT2D eigenvalue weighted by Crippen LogP contribution is -2.66. The van der Waals surface area contributed by atoms with Crippen molar-refractivity contribution in [2.45, 2.75) is 58.2 Å². The molecule has 6 heteroatoms. The predicted octanol–water partition coefficient (Wildman–Crippen LogP) is 3.09. The Morgan fingerprint density at radius 1 is 1.40 bits per heavy atom. The summed E-state index contributed by atoms with van der Waals surface area (Å²) in [4.78, 5) is 17.2. The van der Waals surface area contributed by atoms with Crippen LogP contribution in [0.3, 0.4) is 0 Å². The van der Waals surface area contributed by atoms with Crippen molar-refractivity contribution in [2.75, 3.05) is 6.61 Å². The molecule has 0 spiro atoms. The SMILES string of the molecule is C/C=C\N(NOCC12CC(F)(C1)C2)C(=O)OC(C)(C)C. The van der Waals surface area contributed by atoms with E-state index in [4.69, 9.17) is 9.57 Å². The van der Waals surface area contributed by atoms with Gasteiger partial charge in [-0.3, -0.25) is 4.84 Å². The summed E-state index contributed by atoms with van der Waals surface area (Å²) in [5.74, 6) is 0. The van der Waals surface area contributed by atoms with Gasteiger partial charge in [-0.25, -0.2) is 9.18 Å². The van der Waals surface area contributed by atoms with E-state index < -0.39 is 17.4 Å². The molecule has 0 aromatic carbocycles. The number of allylic oxidation sites excluding steroid dienone is 1. The lowest BCUT2D eigenvalue weighted by atomic mass is 9.43. The van der Waals surface area contributed by atoms with Gasteiger partial charge in [0.2, 0.25) is 0 Å². The third-order valence-corrected chi connectivity index (χ3v) is 3.51. The average Bonchev–Trinajstić information content (AvgIpc) is 2.21. The Morgan fingerprint density at radius 2 is 2.00 bits per heavy atom. The minimum absolute atomic E-state index is 0.0305. The predicted molar refractivity (Wildman–Crippen MR) is 72.1 cm³/mol. The van der Waals surface area contributed by atoms with Crippen LogP contribution < -0.4 is 5.59 Å². The van der Waals surface area contributed by atoms with Gasteiger partial charge in [-0.05, 0) is 47.0 Å². The molecule has 1 amide bonds. The van der Waals surface area contributed by atoms with Gasteiger partial charge in [0.1, 0.15) is 11.3 Å². The summed E-state index contributed by atoms with van der Waals surface area (Å²) >= 11 is 0. The van der Waals surface area contributed by atoms with Crippen molar-refractivity contribution in [1.82, 2.24) is 10.6 Å². The van der Waals surface area contributed by atoms with Crippen LogP contribution in [0.1, 0.15) is 47.0 Å². The summed E-state index contributed by atoms with van der Waals surface area (Å²) in [6, 6.07) is 0. The summed E-state index contributed by atoms with van der Waals surface area (Å²) in [5.41, 5.74) is 1.01. The summed E-state index contributed by atoms with van der Waals surface area (Å²) < 4.78 is 18.6. The Labute approximate surface area is 119 Å². The highest BCUT2D eigenvalue weighted by atomic mass is 19.1. The van der Waals surface area contributed by atoms with E-state index in [9.17, 15) is 9.18 Å². The summed E-state index contributed by atoms with van der Waals surface area (Å²) in [5, 5.41) is 1.14. The van der Waals surface area contributed by atoms with Gasteiger partial charge in [0.05, 0.1) is 6.61 Å². The van der Waals surface area contributed by atoms with E-state index in [-0.39, 0.29) is 5.41 Å². The van der Waals surface area contributed by atoms with E-state index in [2.05, 4.69) is 5.59 Å². The fourth-order valence-electron chi connectivity index (χ4n) is 2.86. The topological polar surface area (TPSA) is 50.8 Å². The van der Waals surface area contributed by atoms with Crippen molar-refractivity contribution in [3.63, 3.8) is 0 Å². The van der Waals surface area contributed by atoms with Gasteiger partial charge in [-0.1, -0.05) is 6.08 Å². The molecule has 3 aliphatic carbocycles. The zero-order valence-electron chi connectivity index (χ0n) is 12.5. The lowest BCUT2D eigenvalue weighted by Gasteiger charge is -2.65. The van der Waals surface area contributed by atoms with Gasteiger partial charge in [0.25, 0.3) is 0 Å². The molecule has 3 fully saturated rings. The first-order valence-electron chi connectivity index (χ1n) is 6.89. The van der Waals surface area contributed by atoms with Gasteiger partial charge in [0.15, 0.2) is 0 Å². The third kappa shape index (κ3) is 3.30. The number of carbonyl (C=O) groups is 1. The lowest BCUT2D eigenvalue weighted by molar-refractivity contribution is -0.253. The van der Waals surface area contributed by atoms with E-state index in [0.717, 1.165) is 5.01 Å². The zero-order chi connectivity index (χ0) is 15.0. The van der Waals surface area contributed by atoms with E-state index in [1.165, 1.54) is 6.20 Å². The first kappa shape index (κ1) is 15.3. The number of alkyl halides is 1. The van der Waals surface area contributed by atoms with Crippen molar-refractivity contribution in [3.8, 4) is 0 Å². The Hall–Kier alpha value is -1.14. The Bertz CT molecular complexity index is 397. The standard InChI is InChI=1S/C14H23FN2O3/c1-5-6-17(11(18)20-12(2,3)4)16-19-10-13-7-14(15,8-13)9-13/h5-6,16H,7-10H2,1-4H3/b6-5-. The molecule has 1 N–H and O–H groups in total. The number of nitrogens with one attached hydrogen (secondary N) is 1. The smallest absolute Gasteiger partial charge is 0.430 e. The van der Waals surface area contributed by atoms with Gasteiger partial charge in [-0.15, -0.1) is 5.59 Å². The molecule has 5 nitrogen and oxygen atoms in total. The van der Waals surface area contributed by atoms with Gasteiger partial charge < -0.3 is 4.74 Å². The molecule has 0 radical (unpaired) electrons. The van der Waals surface area contributed by atoms with Crippen LogP contribution in [0.4, 0.5) is 9.18 Å². The van der Waals surface area contributed by atoms with Crippen LogP contribution in [0.15, 0.2) is 12.3 Å². The number of nitrogens with zero attached hydrogens (tertiary/aromatic N) is 1. The monoisotopic (exact) mass is 286 g/mol. The average molecular weight is 286 g/mol. The highest BCUT2D eigenvalue weighted by Crippen LogP contribution is 2.69. The van der Waals surface area contributed by atoms with E-state index >= 15 is 0 Å². The number of halogens is 1. The molecule has 0 atom stereocenters. The van der Waals surface area contributed by atoms with Crippen molar-refractivity contribution in [2.24, 2.45) is 5.41 Å². The second-order valence-corrected chi connectivity index (χ2v) is 6.89. The van der Waals surface area contributed by atoms with Gasteiger partial charge in [0, 0.05) is 11.6 Å². The largest absolute Gasteiger partial charge is 0.442 e. The maximum Gasteiger partial charge on any atom is 0.430 e. The molecular formula is C14H23FN2O3. The van der Waals surface area contributed by atoms with Gasteiger partial charge in [-0.2, -0.15) is 5.01 Å². The van der Waals surface area contributed by atoms with Crippen molar-refractivity contribution < 1.29 is 18.8 Å². The number of carbonyl (C=O) groups excluding carboxylic acids is 1. The third-order valence-electron chi connectivity index (χ3n) is 3.51. The van der Waals surface area contributed by atoms with Crippen molar-refractivity contribution in [1.29, 1.82) is 0 Å². The van der Waals surface area contributed by atoms with Crippen LogP contribution in [0.2, 0.25) is 0 Å². The normalized spacial score (nSPS) is 31.6. The van der Waals surface area contributed by atoms with E-state index in [1.54, 1.807) is 33.8 Å². The van der Waals surface area contributed by atoms with E-state index in [1.807, 2.05) is 0 Å². The minimum Gasteiger partial charge on any atom is -0.442 e. The highest BCUT2D eigenvalue weighted by molar-refractivity contribution is 5.68. The van der Waals surface area contributed by atoms with Crippen LogP contribution >= 0.6 is 0 Å². The molecule has 20 heavy (non-hydrogen) atoms. The Balaban J connectivity index is 1.76. The minimum atomic E-state index is -0.933. The summed E-state index contributed by atoms with van der Waals surface area (Å²) in [6.07, 6.45) is 4.37. The molecular weight excluding hydrogens is 263 g/mol. The molecule has 0 aromatic rings. The molecule has 0 saturated heterocycles. The van der Waals surface area contributed by atoms with Crippen LogP contribution in [0.25, 0.3) is 0 Å². The number of rotatable bonds is 5. The quantitative estimate of drug-likeness (QED) is 0.789. The van der Waals surface area contributed by atoms with Crippen molar-refractivity contribution >= 4 is 6.09 Å². The molecule has 3 rings (SSSR count). The number of ether oxygens (including phenoxy) is 1. The fraction of sp³-hybridized carbons (Fsp3) is 0.786. The molecule has 0 aliphatic heterocycles. The highest BCUT2D eigenvalue weighted by Gasteiger charge is 2.69. The van der Waals surface area contributed by atoms with Gasteiger partial charge >= 0.3 is 6.09 Å². The molecule has 3 aliphatic rings. The second kappa shape index (κ2) is 5.00. The fourth-order valence-corrected chi connectivity index (χ4v) is 2.86. The van der Waals surface area contributed by atoms with Crippen LogP contribution in [0, 0.1) is 5.41 Å². The molecule has 114 valence electrons. The number of amides is 1. The molecule has 0 aromatic heterocycles. The summed E-state index contributed by atoms with van der Waals surface area (Å²) in [6.45, 7) is 7.56. The van der Waals surface area contributed by atoms with Crippen molar-refractivity contribution in [3.05, 3.63) is 12.3 Å². The molecule has 2 bridgehead atoms. The zero-order valence-corrected chi connectivity index (χ0v) is 12.5. The van der Waals surface area contributed by atoms with Crippen LogP contribution in [-0.2, 0) is 9.57 Å². The maximum atomic E-state index is 13.4.